The van der Waals surface area contributed by atoms with Crippen LogP contribution in [0.1, 0.15) is 5.82 Å². The number of halogens is 1. The second kappa shape index (κ2) is 4.23. The fourth-order valence-electron chi connectivity index (χ4n) is 1.77. The predicted octanol–water partition coefficient (Wildman–Crippen LogP) is 1.92. The number of imidazole rings is 2. The molecule has 3 rings (SSSR count). The lowest BCUT2D eigenvalue weighted by atomic mass is 10.4. The van der Waals surface area contributed by atoms with Crippen molar-refractivity contribution in [1.82, 2.24) is 29.5 Å². The SMILES string of the molecule is C=CCc1nccn1-c1nc(Cl)nc2nc[nH]c12. The summed E-state index contributed by atoms with van der Waals surface area (Å²) in [5.74, 6) is 1.47. The predicted molar refractivity (Wildman–Crippen MR) is 67.7 cm³/mol. The molecule has 0 aliphatic carbocycles. The van der Waals surface area contributed by atoms with Crippen LogP contribution in [0.2, 0.25) is 5.28 Å². The molecule has 18 heavy (non-hydrogen) atoms. The van der Waals surface area contributed by atoms with Gasteiger partial charge in [-0.3, -0.25) is 4.57 Å². The van der Waals surface area contributed by atoms with Gasteiger partial charge in [0.2, 0.25) is 5.28 Å². The first-order valence-corrected chi connectivity index (χ1v) is 5.67. The molecule has 0 saturated carbocycles. The van der Waals surface area contributed by atoms with Crippen LogP contribution in [-0.4, -0.2) is 29.5 Å². The van der Waals surface area contributed by atoms with Crippen LogP contribution in [0.5, 0.6) is 0 Å². The highest BCUT2D eigenvalue weighted by Crippen LogP contribution is 2.19. The van der Waals surface area contributed by atoms with Crippen molar-refractivity contribution >= 4 is 22.8 Å². The van der Waals surface area contributed by atoms with Crippen LogP contribution >= 0.6 is 11.6 Å². The maximum atomic E-state index is 5.90. The van der Waals surface area contributed by atoms with Crippen LogP contribution in [0, 0.1) is 0 Å². The fraction of sp³-hybridized carbons (Fsp3) is 0.0909. The number of fused-ring (bicyclic) bond motifs is 1. The van der Waals surface area contributed by atoms with Gasteiger partial charge in [0.15, 0.2) is 11.5 Å². The Balaban J connectivity index is 2.27. The fourth-order valence-corrected chi connectivity index (χ4v) is 1.93. The van der Waals surface area contributed by atoms with Crippen LogP contribution in [0.25, 0.3) is 17.0 Å². The molecular formula is C11H9ClN6. The first-order valence-electron chi connectivity index (χ1n) is 5.29. The third kappa shape index (κ3) is 1.67. The van der Waals surface area contributed by atoms with Gasteiger partial charge in [0.1, 0.15) is 11.3 Å². The van der Waals surface area contributed by atoms with Crippen molar-refractivity contribution in [3.05, 3.63) is 42.5 Å². The third-order valence-corrected chi connectivity index (χ3v) is 2.68. The van der Waals surface area contributed by atoms with Crippen LogP contribution in [-0.2, 0) is 6.42 Å². The van der Waals surface area contributed by atoms with E-state index in [0.29, 0.717) is 17.9 Å². The Morgan fingerprint density at radius 3 is 3.11 bits per heavy atom. The quantitative estimate of drug-likeness (QED) is 0.577. The molecular weight excluding hydrogens is 252 g/mol. The lowest BCUT2D eigenvalue weighted by Crippen LogP contribution is -2.04. The van der Waals surface area contributed by atoms with Gasteiger partial charge in [0.05, 0.1) is 6.33 Å². The summed E-state index contributed by atoms with van der Waals surface area (Å²) in [4.78, 5) is 19.6. The van der Waals surface area contributed by atoms with Gasteiger partial charge in [-0.15, -0.1) is 6.58 Å². The van der Waals surface area contributed by atoms with Crippen molar-refractivity contribution in [3.8, 4) is 5.82 Å². The number of nitrogens with zero attached hydrogens (tertiary/aromatic N) is 5. The number of allylic oxidation sites excluding steroid dienone is 1. The van der Waals surface area contributed by atoms with Gasteiger partial charge >= 0.3 is 0 Å². The van der Waals surface area contributed by atoms with E-state index in [9.17, 15) is 0 Å². The molecule has 0 radical (unpaired) electrons. The average Bonchev–Trinajstić information content (AvgIpc) is 2.96. The van der Waals surface area contributed by atoms with E-state index in [4.69, 9.17) is 11.6 Å². The maximum Gasteiger partial charge on any atom is 0.226 e. The number of hydrogen-bond donors (Lipinski definition) is 1. The Kier molecular flexibility index (Phi) is 2.56. The largest absolute Gasteiger partial charge is 0.340 e. The number of rotatable bonds is 3. The number of aromatic amines is 1. The summed E-state index contributed by atoms with van der Waals surface area (Å²) in [6.45, 7) is 3.71. The summed E-state index contributed by atoms with van der Waals surface area (Å²) < 4.78 is 1.84. The highest BCUT2D eigenvalue weighted by Gasteiger charge is 2.13. The molecule has 0 fully saturated rings. The highest BCUT2D eigenvalue weighted by atomic mass is 35.5. The smallest absolute Gasteiger partial charge is 0.226 e. The van der Waals surface area contributed by atoms with E-state index in [-0.39, 0.29) is 5.28 Å². The number of H-pyrrole nitrogens is 1. The van der Waals surface area contributed by atoms with Crippen LogP contribution < -0.4 is 0 Å². The number of aromatic nitrogens is 6. The standard InChI is InChI=1S/C11H9ClN6/c1-2-3-7-13-4-5-18(7)10-8-9(15-6-14-8)16-11(12)17-10/h2,4-6H,1,3H2,(H,14,15,16,17). The van der Waals surface area contributed by atoms with Crippen molar-refractivity contribution in [1.29, 1.82) is 0 Å². The zero-order valence-corrected chi connectivity index (χ0v) is 10.1. The molecule has 3 aromatic heterocycles. The molecule has 6 nitrogen and oxygen atoms in total. The van der Waals surface area contributed by atoms with Crippen LogP contribution in [0.4, 0.5) is 0 Å². The minimum atomic E-state index is 0.155. The Labute approximate surface area is 107 Å². The van der Waals surface area contributed by atoms with Crippen molar-refractivity contribution in [3.63, 3.8) is 0 Å². The van der Waals surface area contributed by atoms with E-state index in [1.54, 1.807) is 18.6 Å². The minimum absolute atomic E-state index is 0.155. The molecule has 0 atom stereocenters. The van der Waals surface area contributed by atoms with Gasteiger partial charge in [0, 0.05) is 18.8 Å². The van der Waals surface area contributed by atoms with E-state index in [0.717, 1.165) is 11.3 Å². The van der Waals surface area contributed by atoms with Crippen LogP contribution in [0.15, 0.2) is 31.4 Å². The second-order valence-corrected chi connectivity index (χ2v) is 3.96. The minimum Gasteiger partial charge on any atom is -0.340 e. The van der Waals surface area contributed by atoms with Crippen molar-refractivity contribution < 1.29 is 0 Å². The van der Waals surface area contributed by atoms with Gasteiger partial charge in [-0.25, -0.2) is 9.97 Å². The Morgan fingerprint density at radius 1 is 1.39 bits per heavy atom. The molecule has 1 N–H and O–H groups in total. The summed E-state index contributed by atoms with van der Waals surface area (Å²) in [6, 6.07) is 0. The maximum absolute atomic E-state index is 5.90. The lowest BCUT2D eigenvalue weighted by molar-refractivity contribution is 0.898. The Bertz CT molecular complexity index is 713. The van der Waals surface area contributed by atoms with Gasteiger partial charge in [-0.05, 0) is 11.6 Å². The van der Waals surface area contributed by atoms with Gasteiger partial charge in [-0.2, -0.15) is 9.97 Å². The first kappa shape index (κ1) is 10.9. The van der Waals surface area contributed by atoms with E-state index < -0.39 is 0 Å². The monoisotopic (exact) mass is 260 g/mol. The Hall–Kier alpha value is -2.21. The molecule has 90 valence electrons. The van der Waals surface area contributed by atoms with Crippen molar-refractivity contribution in [2.45, 2.75) is 6.42 Å². The first-order chi connectivity index (χ1) is 8.79. The zero-order valence-electron chi connectivity index (χ0n) is 9.34. The molecule has 0 bridgehead atoms. The van der Waals surface area contributed by atoms with E-state index >= 15 is 0 Å². The van der Waals surface area contributed by atoms with E-state index in [2.05, 4.69) is 31.5 Å². The summed E-state index contributed by atoms with van der Waals surface area (Å²) >= 11 is 5.90. The number of hydrogen-bond acceptors (Lipinski definition) is 4. The van der Waals surface area contributed by atoms with Gasteiger partial charge in [-0.1, -0.05) is 6.08 Å². The van der Waals surface area contributed by atoms with Crippen molar-refractivity contribution in [2.24, 2.45) is 0 Å². The topological polar surface area (TPSA) is 72.3 Å². The summed E-state index contributed by atoms with van der Waals surface area (Å²) in [5, 5.41) is 0.155. The molecule has 0 saturated heterocycles. The van der Waals surface area contributed by atoms with Crippen molar-refractivity contribution in [2.75, 3.05) is 0 Å². The Morgan fingerprint density at radius 2 is 2.28 bits per heavy atom. The normalized spacial score (nSPS) is 10.9. The molecule has 0 unspecified atom stereocenters. The summed E-state index contributed by atoms with van der Waals surface area (Å²) in [6.07, 6.45) is 7.51. The van der Waals surface area contributed by atoms with E-state index in [1.807, 2.05) is 10.8 Å². The average molecular weight is 261 g/mol. The lowest BCUT2D eigenvalue weighted by Gasteiger charge is -2.06. The summed E-state index contributed by atoms with van der Waals surface area (Å²) in [5.41, 5.74) is 1.26. The van der Waals surface area contributed by atoms with Crippen LogP contribution in [0.3, 0.4) is 0 Å². The molecule has 7 heteroatoms. The van der Waals surface area contributed by atoms with Gasteiger partial charge in [0.25, 0.3) is 0 Å². The summed E-state index contributed by atoms with van der Waals surface area (Å²) in [7, 11) is 0. The van der Waals surface area contributed by atoms with Gasteiger partial charge < -0.3 is 4.98 Å². The molecule has 3 aromatic rings. The van der Waals surface area contributed by atoms with E-state index in [1.165, 1.54) is 0 Å². The third-order valence-electron chi connectivity index (χ3n) is 2.51. The molecule has 0 amide bonds. The molecule has 0 aliphatic rings. The molecule has 0 aliphatic heterocycles. The second-order valence-electron chi connectivity index (χ2n) is 3.62. The zero-order chi connectivity index (χ0) is 12.5. The number of nitrogens with one attached hydrogen (secondary N) is 1. The molecule has 0 spiro atoms. The molecule has 0 aromatic carbocycles. The molecule has 3 heterocycles. The highest BCUT2D eigenvalue weighted by molar-refractivity contribution is 6.28.